The predicted octanol–water partition coefficient (Wildman–Crippen LogP) is 3.95. The van der Waals surface area contributed by atoms with Gasteiger partial charge in [-0.2, -0.15) is 0 Å². The standard InChI is InChI=1S/C27H25N5O4S/c1-18-17-19(2)29-27(28-18)32-37(35,36)23-15-13-22(14-16-23)30-25(24(33)20-9-5-3-6-10-20)31-26(34)21-11-7-4-8-12-21/h3-17,25,30H,1-2H3,(H,31,34)(H,28,29,32)/t25-/m1/s1. The van der Waals surface area contributed by atoms with E-state index in [-0.39, 0.29) is 16.6 Å². The molecule has 3 N–H and O–H groups in total. The van der Waals surface area contributed by atoms with Crippen LogP contribution in [0, 0.1) is 13.8 Å². The van der Waals surface area contributed by atoms with Crippen molar-refractivity contribution in [3.05, 3.63) is 114 Å². The van der Waals surface area contributed by atoms with Crippen molar-refractivity contribution in [1.29, 1.82) is 0 Å². The average molecular weight is 516 g/mol. The fourth-order valence-electron chi connectivity index (χ4n) is 3.59. The van der Waals surface area contributed by atoms with E-state index in [1.165, 1.54) is 24.3 Å². The summed E-state index contributed by atoms with van der Waals surface area (Å²) in [6, 6.07) is 24.6. The average Bonchev–Trinajstić information content (AvgIpc) is 2.88. The Morgan fingerprint density at radius 2 is 1.30 bits per heavy atom. The first-order chi connectivity index (χ1) is 17.7. The maximum atomic E-state index is 13.2. The van der Waals surface area contributed by atoms with E-state index in [4.69, 9.17) is 0 Å². The van der Waals surface area contributed by atoms with Gasteiger partial charge in [0.15, 0.2) is 6.17 Å². The smallest absolute Gasteiger partial charge is 0.264 e. The molecule has 0 aliphatic rings. The van der Waals surface area contributed by atoms with Crippen LogP contribution < -0.4 is 15.4 Å². The molecule has 37 heavy (non-hydrogen) atoms. The normalized spacial score (nSPS) is 11.8. The molecule has 0 aliphatic carbocycles. The molecule has 4 rings (SSSR count). The van der Waals surface area contributed by atoms with E-state index in [1.54, 1.807) is 80.6 Å². The number of carbonyl (C=O) groups excluding carboxylic acids is 2. The molecule has 0 unspecified atom stereocenters. The van der Waals surface area contributed by atoms with Gasteiger partial charge in [0, 0.05) is 28.2 Å². The number of nitrogens with one attached hydrogen (secondary N) is 3. The zero-order valence-corrected chi connectivity index (χ0v) is 21.0. The van der Waals surface area contributed by atoms with Gasteiger partial charge in [-0.25, -0.2) is 23.1 Å². The van der Waals surface area contributed by atoms with Crippen molar-refractivity contribution in [2.75, 3.05) is 10.0 Å². The first-order valence-electron chi connectivity index (χ1n) is 11.4. The van der Waals surface area contributed by atoms with Crippen molar-refractivity contribution in [3.8, 4) is 0 Å². The van der Waals surface area contributed by atoms with E-state index < -0.39 is 22.1 Å². The second-order valence-electron chi connectivity index (χ2n) is 8.25. The van der Waals surface area contributed by atoms with Crippen LogP contribution in [0.5, 0.6) is 0 Å². The van der Waals surface area contributed by atoms with Gasteiger partial charge in [-0.1, -0.05) is 48.5 Å². The van der Waals surface area contributed by atoms with Crippen molar-refractivity contribution in [3.63, 3.8) is 0 Å². The second-order valence-corrected chi connectivity index (χ2v) is 9.93. The number of hydrogen-bond acceptors (Lipinski definition) is 7. The Labute approximate surface area is 215 Å². The monoisotopic (exact) mass is 515 g/mol. The molecule has 1 heterocycles. The number of hydrogen-bond donors (Lipinski definition) is 3. The number of ketones is 1. The summed E-state index contributed by atoms with van der Waals surface area (Å²) in [5.41, 5.74) is 2.51. The summed E-state index contributed by atoms with van der Waals surface area (Å²) in [7, 11) is -3.95. The van der Waals surface area contributed by atoms with Gasteiger partial charge in [-0.3, -0.25) is 9.59 Å². The molecule has 188 valence electrons. The summed E-state index contributed by atoms with van der Waals surface area (Å²) in [6.07, 6.45) is -1.10. The van der Waals surface area contributed by atoms with Crippen molar-refractivity contribution >= 4 is 33.3 Å². The lowest BCUT2D eigenvalue weighted by atomic mass is 10.1. The molecule has 0 spiro atoms. The van der Waals surface area contributed by atoms with Crippen molar-refractivity contribution in [2.45, 2.75) is 24.9 Å². The molecule has 0 bridgehead atoms. The first-order valence-corrected chi connectivity index (χ1v) is 12.9. The molecular weight excluding hydrogens is 490 g/mol. The molecule has 9 nitrogen and oxygen atoms in total. The van der Waals surface area contributed by atoms with Gasteiger partial charge in [0.2, 0.25) is 11.7 Å². The molecule has 0 aliphatic heterocycles. The predicted molar refractivity (Wildman–Crippen MR) is 141 cm³/mol. The van der Waals surface area contributed by atoms with Crippen LogP contribution >= 0.6 is 0 Å². The Kier molecular flexibility index (Phi) is 7.59. The molecule has 4 aromatic rings. The Morgan fingerprint density at radius 1 is 0.757 bits per heavy atom. The third-order valence-electron chi connectivity index (χ3n) is 5.32. The fraction of sp³-hybridized carbons (Fsp3) is 0.111. The fourth-order valence-corrected chi connectivity index (χ4v) is 4.53. The number of carbonyl (C=O) groups is 2. The molecule has 1 atom stereocenters. The van der Waals surface area contributed by atoms with E-state index >= 15 is 0 Å². The lowest BCUT2D eigenvalue weighted by Gasteiger charge is -2.21. The number of amides is 1. The highest BCUT2D eigenvalue weighted by molar-refractivity contribution is 7.92. The van der Waals surface area contributed by atoms with E-state index in [1.807, 2.05) is 0 Å². The van der Waals surface area contributed by atoms with E-state index in [0.29, 0.717) is 28.2 Å². The van der Waals surface area contributed by atoms with Crippen LogP contribution in [0.4, 0.5) is 11.6 Å². The molecule has 0 saturated carbocycles. The molecule has 0 radical (unpaired) electrons. The number of rotatable bonds is 9. The van der Waals surface area contributed by atoms with Crippen LogP contribution in [-0.4, -0.2) is 36.2 Å². The second kappa shape index (κ2) is 11.0. The zero-order valence-electron chi connectivity index (χ0n) is 20.2. The summed E-state index contributed by atoms with van der Waals surface area (Å²) >= 11 is 0. The van der Waals surface area contributed by atoms with Crippen LogP contribution in [0.3, 0.4) is 0 Å². The minimum absolute atomic E-state index is 0.0138. The number of benzene rings is 3. The topological polar surface area (TPSA) is 130 Å². The van der Waals surface area contributed by atoms with Crippen LogP contribution in [0.1, 0.15) is 32.1 Å². The number of Topliss-reactive ketones (excluding diaryl/α,β-unsaturated/α-hetero) is 1. The highest BCUT2D eigenvalue weighted by Gasteiger charge is 2.23. The summed E-state index contributed by atoms with van der Waals surface area (Å²) in [6.45, 7) is 3.49. The van der Waals surface area contributed by atoms with Gasteiger partial charge in [0.05, 0.1) is 4.90 Å². The van der Waals surface area contributed by atoms with Gasteiger partial charge < -0.3 is 10.6 Å². The van der Waals surface area contributed by atoms with Crippen LogP contribution in [0.25, 0.3) is 0 Å². The van der Waals surface area contributed by atoms with E-state index in [0.717, 1.165) is 0 Å². The SMILES string of the molecule is Cc1cc(C)nc(NS(=O)(=O)c2ccc(N[C@H](NC(=O)c3ccccc3)C(=O)c3ccccc3)cc2)n1. The Bertz CT molecular complexity index is 1490. The molecule has 0 saturated heterocycles. The summed E-state index contributed by atoms with van der Waals surface area (Å²) in [4.78, 5) is 34.2. The molecular formula is C27H25N5O4S. The summed E-state index contributed by atoms with van der Waals surface area (Å²) in [5.74, 6) is -0.800. The zero-order chi connectivity index (χ0) is 26.4. The number of sulfonamides is 1. The minimum Gasteiger partial charge on any atom is -0.359 e. The van der Waals surface area contributed by atoms with Gasteiger partial charge >= 0.3 is 0 Å². The molecule has 0 fully saturated rings. The molecule has 10 heteroatoms. The van der Waals surface area contributed by atoms with Crippen LogP contribution in [0.2, 0.25) is 0 Å². The third kappa shape index (κ3) is 6.56. The molecule has 1 aromatic heterocycles. The largest absolute Gasteiger partial charge is 0.359 e. The van der Waals surface area contributed by atoms with Crippen molar-refractivity contribution in [2.24, 2.45) is 0 Å². The highest BCUT2D eigenvalue weighted by atomic mass is 32.2. The van der Waals surface area contributed by atoms with Gasteiger partial charge in [0.1, 0.15) is 0 Å². The van der Waals surface area contributed by atoms with E-state index in [2.05, 4.69) is 25.3 Å². The summed E-state index contributed by atoms with van der Waals surface area (Å²) in [5, 5.41) is 5.72. The number of anilines is 2. The number of aromatic nitrogens is 2. The quantitative estimate of drug-likeness (QED) is 0.227. The van der Waals surface area contributed by atoms with Crippen LogP contribution in [0.15, 0.2) is 95.9 Å². The van der Waals surface area contributed by atoms with Crippen molar-refractivity contribution in [1.82, 2.24) is 15.3 Å². The molecule has 3 aromatic carbocycles. The van der Waals surface area contributed by atoms with Gasteiger partial charge in [-0.05, 0) is 56.3 Å². The van der Waals surface area contributed by atoms with Crippen molar-refractivity contribution < 1.29 is 18.0 Å². The Hall–Kier alpha value is -4.57. The highest BCUT2D eigenvalue weighted by Crippen LogP contribution is 2.18. The maximum Gasteiger partial charge on any atom is 0.264 e. The van der Waals surface area contributed by atoms with Gasteiger partial charge in [0.25, 0.3) is 15.9 Å². The third-order valence-corrected chi connectivity index (χ3v) is 6.66. The lowest BCUT2D eigenvalue weighted by Crippen LogP contribution is -2.46. The minimum atomic E-state index is -3.95. The van der Waals surface area contributed by atoms with E-state index in [9.17, 15) is 18.0 Å². The van der Waals surface area contributed by atoms with Crippen LogP contribution in [-0.2, 0) is 10.0 Å². The van der Waals surface area contributed by atoms with Gasteiger partial charge in [-0.15, -0.1) is 0 Å². The maximum absolute atomic E-state index is 13.2. The first kappa shape index (κ1) is 25.5. The molecule has 1 amide bonds. The number of nitrogens with zero attached hydrogens (tertiary/aromatic N) is 2. The Balaban J connectivity index is 1.54. The number of aryl methyl sites for hydroxylation is 2. The Morgan fingerprint density at radius 3 is 1.86 bits per heavy atom. The summed E-state index contributed by atoms with van der Waals surface area (Å²) < 4.78 is 28.0. The lowest BCUT2D eigenvalue weighted by molar-refractivity contribution is 0.0869.